The van der Waals surface area contributed by atoms with E-state index in [9.17, 15) is 0 Å². The average molecular weight is 274 g/mol. The summed E-state index contributed by atoms with van der Waals surface area (Å²) in [5, 5.41) is 0. The van der Waals surface area contributed by atoms with Gasteiger partial charge in [-0.1, -0.05) is 26.0 Å². The van der Waals surface area contributed by atoms with Gasteiger partial charge in [0.25, 0.3) is 0 Å². The summed E-state index contributed by atoms with van der Waals surface area (Å²) < 4.78 is 0. The van der Waals surface area contributed by atoms with Crippen molar-refractivity contribution < 1.29 is 0 Å². The summed E-state index contributed by atoms with van der Waals surface area (Å²) in [6.45, 7) is 11.0. The van der Waals surface area contributed by atoms with Gasteiger partial charge in [-0.15, -0.1) is 0 Å². The van der Waals surface area contributed by atoms with Crippen LogP contribution in [0.3, 0.4) is 0 Å². The summed E-state index contributed by atoms with van der Waals surface area (Å²) in [5.74, 6) is 1.58. The highest BCUT2D eigenvalue weighted by atomic mass is 15.2. The second-order valence-corrected chi connectivity index (χ2v) is 6.71. The summed E-state index contributed by atoms with van der Waals surface area (Å²) in [5.41, 5.74) is 9.06. The highest BCUT2D eigenvalue weighted by Crippen LogP contribution is 2.41. The Balaban J connectivity index is 2.32. The number of rotatable bonds is 4. The third kappa shape index (κ3) is 2.85. The molecule has 0 radical (unpaired) electrons. The van der Waals surface area contributed by atoms with Gasteiger partial charge in [0.1, 0.15) is 0 Å². The lowest BCUT2D eigenvalue weighted by atomic mass is 9.70. The van der Waals surface area contributed by atoms with Gasteiger partial charge in [0.15, 0.2) is 0 Å². The number of nitrogens with zero attached hydrogens (tertiary/aromatic N) is 1. The molecule has 0 spiro atoms. The average Bonchev–Trinajstić information content (AvgIpc) is 2.44. The van der Waals surface area contributed by atoms with Gasteiger partial charge in [0.05, 0.1) is 5.54 Å². The van der Waals surface area contributed by atoms with E-state index in [-0.39, 0.29) is 5.54 Å². The summed E-state index contributed by atoms with van der Waals surface area (Å²) in [6.07, 6.45) is 3.73. The lowest BCUT2D eigenvalue weighted by Crippen LogP contribution is -2.57. The first-order valence-corrected chi connectivity index (χ1v) is 8.07. The molecule has 2 nitrogen and oxygen atoms in total. The van der Waals surface area contributed by atoms with Gasteiger partial charge >= 0.3 is 0 Å². The van der Waals surface area contributed by atoms with Gasteiger partial charge in [-0.3, -0.25) is 0 Å². The van der Waals surface area contributed by atoms with Gasteiger partial charge in [-0.25, -0.2) is 0 Å². The molecule has 1 aliphatic carbocycles. The van der Waals surface area contributed by atoms with Gasteiger partial charge in [0, 0.05) is 18.8 Å². The number of hydrogen-bond donors (Lipinski definition) is 1. The topological polar surface area (TPSA) is 29.3 Å². The van der Waals surface area contributed by atoms with E-state index in [0.717, 1.165) is 24.9 Å². The van der Waals surface area contributed by atoms with Crippen LogP contribution in [0.4, 0.5) is 5.69 Å². The number of aryl methyl sites for hydroxylation is 1. The third-order valence-electron chi connectivity index (χ3n) is 5.32. The number of nitrogens with two attached hydrogens (primary N) is 1. The van der Waals surface area contributed by atoms with Gasteiger partial charge in [-0.05, 0) is 62.6 Å². The predicted octanol–water partition coefficient (Wildman–Crippen LogP) is 3.97. The van der Waals surface area contributed by atoms with Crippen molar-refractivity contribution in [3.63, 3.8) is 0 Å². The molecule has 20 heavy (non-hydrogen) atoms. The van der Waals surface area contributed by atoms with Crippen molar-refractivity contribution in [3.8, 4) is 0 Å². The molecule has 1 aromatic rings. The van der Waals surface area contributed by atoms with Crippen LogP contribution in [0.15, 0.2) is 24.3 Å². The molecule has 0 saturated heterocycles. The SMILES string of the molecule is CCN(c1cccc(C)c1)C1(CN)CCC(C)C(C)C1. The van der Waals surface area contributed by atoms with Gasteiger partial charge in [-0.2, -0.15) is 0 Å². The van der Waals surface area contributed by atoms with E-state index in [1.54, 1.807) is 0 Å². The minimum atomic E-state index is 0.147. The fourth-order valence-electron chi connectivity index (χ4n) is 3.81. The highest BCUT2D eigenvalue weighted by molar-refractivity contribution is 5.51. The second kappa shape index (κ2) is 6.17. The van der Waals surface area contributed by atoms with E-state index in [1.165, 1.54) is 30.5 Å². The maximum Gasteiger partial charge on any atom is 0.0526 e. The maximum absolute atomic E-state index is 6.26. The van der Waals surface area contributed by atoms with Crippen molar-refractivity contribution in [1.82, 2.24) is 0 Å². The Labute approximate surface area is 124 Å². The first kappa shape index (κ1) is 15.4. The lowest BCUT2D eigenvalue weighted by Gasteiger charge is -2.50. The Kier molecular flexibility index (Phi) is 4.74. The minimum absolute atomic E-state index is 0.147. The Morgan fingerprint density at radius 2 is 2.05 bits per heavy atom. The second-order valence-electron chi connectivity index (χ2n) is 6.71. The minimum Gasteiger partial charge on any atom is -0.365 e. The van der Waals surface area contributed by atoms with E-state index < -0.39 is 0 Å². The molecule has 0 amide bonds. The van der Waals surface area contributed by atoms with E-state index in [2.05, 4.69) is 56.9 Å². The molecular weight excluding hydrogens is 244 g/mol. The number of likely N-dealkylation sites (N-methyl/N-ethyl adjacent to an activating group) is 1. The van der Waals surface area contributed by atoms with Crippen LogP contribution in [-0.4, -0.2) is 18.6 Å². The maximum atomic E-state index is 6.26. The van der Waals surface area contributed by atoms with Crippen LogP contribution in [0.5, 0.6) is 0 Å². The summed E-state index contributed by atoms with van der Waals surface area (Å²) in [7, 11) is 0. The third-order valence-corrected chi connectivity index (χ3v) is 5.32. The molecule has 0 aromatic heterocycles. The molecule has 2 rings (SSSR count). The quantitative estimate of drug-likeness (QED) is 0.900. The first-order valence-electron chi connectivity index (χ1n) is 8.07. The Bertz CT molecular complexity index is 443. The largest absolute Gasteiger partial charge is 0.365 e. The monoisotopic (exact) mass is 274 g/mol. The first-order chi connectivity index (χ1) is 9.52. The van der Waals surface area contributed by atoms with Crippen molar-refractivity contribution in [1.29, 1.82) is 0 Å². The van der Waals surface area contributed by atoms with Crippen LogP contribution >= 0.6 is 0 Å². The van der Waals surface area contributed by atoms with Crippen LogP contribution in [0.1, 0.15) is 45.6 Å². The molecule has 2 N–H and O–H groups in total. The van der Waals surface area contributed by atoms with Crippen molar-refractivity contribution in [2.75, 3.05) is 18.0 Å². The van der Waals surface area contributed by atoms with Gasteiger partial charge in [0.2, 0.25) is 0 Å². The van der Waals surface area contributed by atoms with E-state index in [4.69, 9.17) is 5.73 Å². The van der Waals surface area contributed by atoms with Crippen LogP contribution in [0.2, 0.25) is 0 Å². The van der Waals surface area contributed by atoms with Crippen LogP contribution in [-0.2, 0) is 0 Å². The molecule has 1 fully saturated rings. The van der Waals surface area contributed by atoms with Crippen molar-refractivity contribution in [3.05, 3.63) is 29.8 Å². The molecule has 1 saturated carbocycles. The fourth-order valence-corrected chi connectivity index (χ4v) is 3.81. The molecule has 0 bridgehead atoms. The molecule has 3 atom stereocenters. The van der Waals surface area contributed by atoms with E-state index in [0.29, 0.717) is 0 Å². The van der Waals surface area contributed by atoms with Crippen molar-refractivity contribution in [2.45, 2.75) is 52.5 Å². The molecule has 0 heterocycles. The lowest BCUT2D eigenvalue weighted by molar-refractivity contribution is 0.172. The molecule has 1 aromatic carbocycles. The zero-order valence-electron chi connectivity index (χ0n) is 13.5. The number of benzene rings is 1. The normalized spacial score (nSPS) is 30.2. The Morgan fingerprint density at radius 3 is 2.60 bits per heavy atom. The zero-order chi connectivity index (χ0) is 14.8. The Morgan fingerprint density at radius 1 is 1.30 bits per heavy atom. The van der Waals surface area contributed by atoms with E-state index >= 15 is 0 Å². The van der Waals surface area contributed by atoms with Crippen LogP contribution < -0.4 is 10.6 Å². The molecule has 1 aliphatic rings. The zero-order valence-corrected chi connectivity index (χ0v) is 13.5. The highest BCUT2D eigenvalue weighted by Gasteiger charge is 2.40. The molecule has 0 aliphatic heterocycles. The van der Waals surface area contributed by atoms with E-state index in [1.807, 2.05) is 0 Å². The van der Waals surface area contributed by atoms with Gasteiger partial charge < -0.3 is 10.6 Å². The molecule has 112 valence electrons. The molecule has 3 unspecified atom stereocenters. The summed E-state index contributed by atoms with van der Waals surface area (Å²) in [6, 6.07) is 8.85. The Hall–Kier alpha value is -1.02. The predicted molar refractivity (Wildman–Crippen MR) is 88.2 cm³/mol. The number of anilines is 1. The number of hydrogen-bond acceptors (Lipinski definition) is 2. The summed E-state index contributed by atoms with van der Waals surface area (Å²) in [4.78, 5) is 2.56. The smallest absolute Gasteiger partial charge is 0.0526 e. The molecular formula is C18H30N2. The van der Waals surface area contributed by atoms with Crippen molar-refractivity contribution >= 4 is 5.69 Å². The standard InChI is InChI=1S/C18H30N2/c1-5-20(17-8-6-7-14(2)11-17)18(13-19)10-9-15(3)16(4)12-18/h6-8,11,15-16H,5,9-10,12-13,19H2,1-4H3. The molecule has 2 heteroatoms. The van der Waals surface area contributed by atoms with Crippen LogP contribution in [0, 0.1) is 18.8 Å². The van der Waals surface area contributed by atoms with Crippen LogP contribution in [0.25, 0.3) is 0 Å². The fraction of sp³-hybridized carbons (Fsp3) is 0.667. The van der Waals surface area contributed by atoms with Crippen molar-refractivity contribution in [2.24, 2.45) is 17.6 Å². The summed E-state index contributed by atoms with van der Waals surface area (Å²) >= 11 is 0.